The Morgan fingerprint density at radius 1 is 1.12 bits per heavy atom. The van der Waals surface area contributed by atoms with E-state index >= 15 is 0 Å². The molecule has 0 fully saturated rings. The van der Waals surface area contributed by atoms with Crippen molar-refractivity contribution in [2.24, 2.45) is 0 Å². The van der Waals surface area contributed by atoms with Gasteiger partial charge in [0, 0.05) is 29.9 Å². The fourth-order valence-electron chi connectivity index (χ4n) is 1.92. The van der Waals surface area contributed by atoms with E-state index in [0.29, 0.717) is 16.8 Å². The number of rotatable bonds is 4. The number of aromatic hydroxyl groups is 1. The third-order valence-electron chi connectivity index (χ3n) is 3.04. The van der Waals surface area contributed by atoms with Crippen LogP contribution in [0.3, 0.4) is 0 Å². The van der Waals surface area contributed by atoms with Crippen LogP contribution in [0.2, 0.25) is 0 Å². The standard InChI is InChI=1S/C18H15N3O5/c1-11(22)21-14-6-4-12(5-7-14)2-3-13-8-15(23)17(19-9-13)18(26)20-10-16(24)25/h4-9,23H,10H2,1H3,(H,20,26)(H,21,22)(H,24,25). The molecule has 2 rings (SSSR count). The summed E-state index contributed by atoms with van der Waals surface area (Å²) >= 11 is 0. The van der Waals surface area contributed by atoms with Gasteiger partial charge in [-0.3, -0.25) is 14.4 Å². The van der Waals surface area contributed by atoms with Crippen LogP contribution in [-0.4, -0.2) is 39.5 Å². The van der Waals surface area contributed by atoms with E-state index in [1.165, 1.54) is 19.2 Å². The van der Waals surface area contributed by atoms with Crippen LogP contribution in [0.15, 0.2) is 36.5 Å². The molecule has 1 heterocycles. The molecule has 1 aromatic carbocycles. The molecule has 2 aromatic rings. The Bertz CT molecular complexity index is 911. The van der Waals surface area contributed by atoms with E-state index in [4.69, 9.17) is 5.11 Å². The van der Waals surface area contributed by atoms with E-state index in [1.807, 2.05) is 0 Å². The molecule has 8 nitrogen and oxygen atoms in total. The van der Waals surface area contributed by atoms with Crippen LogP contribution in [0.1, 0.15) is 28.5 Å². The number of carbonyl (C=O) groups is 3. The number of aromatic nitrogens is 1. The van der Waals surface area contributed by atoms with E-state index in [1.54, 1.807) is 24.3 Å². The molecule has 0 aliphatic carbocycles. The van der Waals surface area contributed by atoms with Gasteiger partial charge in [0.25, 0.3) is 5.91 Å². The number of carboxylic acids is 1. The number of aliphatic carboxylic acids is 1. The molecule has 0 aliphatic rings. The van der Waals surface area contributed by atoms with Crippen LogP contribution in [0.4, 0.5) is 5.69 Å². The largest absolute Gasteiger partial charge is 0.505 e. The van der Waals surface area contributed by atoms with Gasteiger partial charge in [0.2, 0.25) is 5.91 Å². The molecule has 0 atom stereocenters. The molecule has 0 aliphatic heterocycles. The molecule has 0 saturated carbocycles. The van der Waals surface area contributed by atoms with Gasteiger partial charge in [0.15, 0.2) is 5.69 Å². The van der Waals surface area contributed by atoms with Crippen molar-refractivity contribution in [3.63, 3.8) is 0 Å². The Balaban J connectivity index is 2.10. The number of nitrogens with one attached hydrogen (secondary N) is 2. The number of benzene rings is 1. The summed E-state index contributed by atoms with van der Waals surface area (Å²) in [6, 6.07) is 8.12. The zero-order valence-corrected chi connectivity index (χ0v) is 13.7. The summed E-state index contributed by atoms with van der Waals surface area (Å²) in [5.41, 5.74) is 1.43. The number of hydrogen-bond donors (Lipinski definition) is 4. The lowest BCUT2D eigenvalue weighted by molar-refractivity contribution is -0.135. The molecular formula is C18H15N3O5. The molecule has 0 bridgehead atoms. The van der Waals surface area contributed by atoms with Crippen molar-refractivity contribution >= 4 is 23.5 Å². The van der Waals surface area contributed by atoms with Crippen LogP contribution in [0.5, 0.6) is 5.75 Å². The average molecular weight is 353 g/mol. The molecule has 132 valence electrons. The second kappa shape index (κ2) is 8.30. The normalized spacial score (nSPS) is 9.58. The lowest BCUT2D eigenvalue weighted by Gasteiger charge is -2.04. The summed E-state index contributed by atoms with van der Waals surface area (Å²) in [4.78, 5) is 36.9. The third-order valence-corrected chi connectivity index (χ3v) is 3.04. The minimum Gasteiger partial charge on any atom is -0.505 e. The van der Waals surface area contributed by atoms with Crippen molar-refractivity contribution in [3.8, 4) is 17.6 Å². The van der Waals surface area contributed by atoms with Crippen molar-refractivity contribution in [2.75, 3.05) is 11.9 Å². The molecule has 0 radical (unpaired) electrons. The van der Waals surface area contributed by atoms with E-state index in [2.05, 4.69) is 27.5 Å². The number of anilines is 1. The molecule has 4 N–H and O–H groups in total. The highest BCUT2D eigenvalue weighted by molar-refractivity contribution is 5.96. The molecule has 0 spiro atoms. The maximum atomic E-state index is 11.7. The predicted octanol–water partition coefficient (Wildman–Crippen LogP) is 0.960. The molecular weight excluding hydrogens is 338 g/mol. The van der Waals surface area contributed by atoms with Crippen LogP contribution < -0.4 is 10.6 Å². The minimum atomic E-state index is -1.20. The Kier molecular flexibility index (Phi) is 5.90. The highest BCUT2D eigenvalue weighted by Gasteiger charge is 2.13. The van der Waals surface area contributed by atoms with Gasteiger partial charge in [-0.2, -0.15) is 0 Å². The second-order valence-corrected chi connectivity index (χ2v) is 5.18. The first-order valence-corrected chi connectivity index (χ1v) is 7.44. The van der Waals surface area contributed by atoms with Crippen molar-refractivity contribution in [3.05, 3.63) is 53.3 Å². The first kappa shape index (κ1) is 18.5. The van der Waals surface area contributed by atoms with E-state index in [0.717, 1.165) is 0 Å². The van der Waals surface area contributed by atoms with Gasteiger partial charge in [0.05, 0.1) is 0 Å². The van der Waals surface area contributed by atoms with Gasteiger partial charge in [-0.25, -0.2) is 4.98 Å². The summed E-state index contributed by atoms with van der Waals surface area (Å²) in [7, 11) is 0. The summed E-state index contributed by atoms with van der Waals surface area (Å²) < 4.78 is 0. The van der Waals surface area contributed by atoms with Gasteiger partial charge in [-0.05, 0) is 30.3 Å². The summed E-state index contributed by atoms with van der Waals surface area (Å²) in [6.45, 7) is 0.842. The van der Waals surface area contributed by atoms with Gasteiger partial charge < -0.3 is 20.8 Å². The Hall–Kier alpha value is -3.86. The number of hydrogen-bond acceptors (Lipinski definition) is 5. The zero-order valence-electron chi connectivity index (χ0n) is 13.7. The summed E-state index contributed by atoms with van der Waals surface area (Å²) in [5.74, 6) is 3.09. The Labute approximate surface area is 148 Å². The highest BCUT2D eigenvalue weighted by Crippen LogP contribution is 2.15. The van der Waals surface area contributed by atoms with E-state index in [9.17, 15) is 19.5 Å². The summed E-state index contributed by atoms with van der Waals surface area (Å²) in [6.07, 6.45) is 1.30. The van der Waals surface area contributed by atoms with Crippen LogP contribution in [-0.2, 0) is 9.59 Å². The van der Waals surface area contributed by atoms with Gasteiger partial charge in [0.1, 0.15) is 12.3 Å². The van der Waals surface area contributed by atoms with E-state index < -0.39 is 24.2 Å². The fourth-order valence-corrected chi connectivity index (χ4v) is 1.92. The number of carbonyl (C=O) groups excluding carboxylic acids is 2. The van der Waals surface area contributed by atoms with Crippen LogP contribution in [0.25, 0.3) is 0 Å². The number of pyridine rings is 1. The maximum absolute atomic E-state index is 11.7. The number of amides is 2. The molecule has 0 unspecified atom stereocenters. The second-order valence-electron chi connectivity index (χ2n) is 5.18. The predicted molar refractivity (Wildman–Crippen MR) is 92.6 cm³/mol. The van der Waals surface area contributed by atoms with Crippen molar-refractivity contribution < 1.29 is 24.6 Å². The molecule has 8 heteroatoms. The zero-order chi connectivity index (χ0) is 19.1. The van der Waals surface area contributed by atoms with Crippen LogP contribution in [0, 0.1) is 11.8 Å². The monoisotopic (exact) mass is 353 g/mol. The van der Waals surface area contributed by atoms with Gasteiger partial charge in [-0.1, -0.05) is 11.8 Å². The molecule has 26 heavy (non-hydrogen) atoms. The Morgan fingerprint density at radius 3 is 2.35 bits per heavy atom. The lowest BCUT2D eigenvalue weighted by atomic mass is 10.2. The summed E-state index contributed by atoms with van der Waals surface area (Å²) in [5, 5.41) is 23.1. The SMILES string of the molecule is CC(=O)Nc1ccc(C#Cc2cnc(C(=O)NCC(=O)O)c(O)c2)cc1. The quantitative estimate of drug-likeness (QED) is 0.606. The first-order chi connectivity index (χ1) is 12.3. The topological polar surface area (TPSA) is 129 Å². The van der Waals surface area contributed by atoms with Gasteiger partial charge >= 0.3 is 5.97 Å². The number of nitrogens with zero attached hydrogens (tertiary/aromatic N) is 1. The highest BCUT2D eigenvalue weighted by atomic mass is 16.4. The number of carboxylic acid groups (broad SMARTS) is 1. The molecule has 2 amide bonds. The van der Waals surface area contributed by atoms with E-state index in [-0.39, 0.29) is 11.6 Å². The van der Waals surface area contributed by atoms with Crippen LogP contribution >= 0.6 is 0 Å². The van der Waals surface area contributed by atoms with Crippen molar-refractivity contribution in [1.29, 1.82) is 0 Å². The Morgan fingerprint density at radius 2 is 1.77 bits per heavy atom. The first-order valence-electron chi connectivity index (χ1n) is 7.44. The maximum Gasteiger partial charge on any atom is 0.322 e. The third kappa shape index (κ3) is 5.35. The minimum absolute atomic E-state index is 0.169. The van der Waals surface area contributed by atoms with Crippen molar-refractivity contribution in [2.45, 2.75) is 6.92 Å². The smallest absolute Gasteiger partial charge is 0.322 e. The molecule has 1 aromatic heterocycles. The average Bonchev–Trinajstić information content (AvgIpc) is 2.58. The lowest BCUT2D eigenvalue weighted by Crippen LogP contribution is -2.29. The molecule has 0 saturated heterocycles. The van der Waals surface area contributed by atoms with Crippen molar-refractivity contribution in [1.82, 2.24) is 10.3 Å². The van der Waals surface area contributed by atoms with Gasteiger partial charge in [-0.15, -0.1) is 0 Å². The fraction of sp³-hybridized carbons (Fsp3) is 0.111.